The van der Waals surface area contributed by atoms with Crippen LogP contribution in [-0.2, 0) is 6.54 Å². The van der Waals surface area contributed by atoms with Crippen LogP contribution >= 0.6 is 12.4 Å². The number of nitrogens with two attached hydrogens (primary N) is 1. The summed E-state index contributed by atoms with van der Waals surface area (Å²) in [5.41, 5.74) is 5.61. The van der Waals surface area contributed by atoms with Crippen molar-refractivity contribution in [3.63, 3.8) is 0 Å². The van der Waals surface area contributed by atoms with Gasteiger partial charge in [0.1, 0.15) is 0 Å². The molecule has 1 aromatic carbocycles. The van der Waals surface area contributed by atoms with Gasteiger partial charge in [0.05, 0.1) is 7.11 Å². The Kier molecular flexibility index (Phi) is 4.66. The Morgan fingerprint density at radius 1 is 1.31 bits per heavy atom. The maximum Gasteiger partial charge on any atom is 0.190 e. The molecule has 0 aliphatic carbocycles. The van der Waals surface area contributed by atoms with Gasteiger partial charge < -0.3 is 10.5 Å². The lowest BCUT2D eigenvalue weighted by Gasteiger charge is -2.04. The number of halogens is 3. The first-order chi connectivity index (χ1) is 5.69. The second kappa shape index (κ2) is 4.99. The van der Waals surface area contributed by atoms with Gasteiger partial charge >= 0.3 is 0 Å². The molecule has 0 aromatic heterocycles. The summed E-state index contributed by atoms with van der Waals surface area (Å²) in [6.07, 6.45) is 0. The molecule has 0 heterocycles. The third-order valence-corrected chi connectivity index (χ3v) is 1.50. The van der Waals surface area contributed by atoms with Crippen molar-refractivity contribution in [2.75, 3.05) is 7.11 Å². The van der Waals surface area contributed by atoms with E-state index >= 15 is 0 Å². The summed E-state index contributed by atoms with van der Waals surface area (Å²) in [5, 5.41) is 0. The first-order valence-corrected chi connectivity index (χ1v) is 3.41. The van der Waals surface area contributed by atoms with Crippen LogP contribution in [0, 0.1) is 11.6 Å². The second-order valence-corrected chi connectivity index (χ2v) is 2.30. The third-order valence-electron chi connectivity index (χ3n) is 1.50. The van der Waals surface area contributed by atoms with E-state index in [0.29, 0.717) is 5.56 Å². The molecule has 0 aliphatic rings. The number of rotatable bonds is 2. The molecule has 0 fully saturated rings. The van der Waals surface area contributed by atoms with Crippen LogP contribution in [0.4, 0.5) is 8.78 Å². The van der Waals surface area contributed by atoms with Crippen molar-refractivity contribution in [1.82, 2.24) is 0 Å². The molecule has 0 spiro atoms. The zero-order valence-corrected chi connectivity index (χ0v) is 7.83. The molecule has 0 atom stereocenters. The average Bonchev–Trinajstić information content (AvgIpc) is 2.03. The van der Waals surface area contributed by atoms with Crippen molar-refractivity contribution in [2.24, 2.45) is 5.73 Å². The lowest BCUT2D eigenvalue weighted by atomic mass is 10.2. The highest BCUT2D eigenvalue weighted by Crippen LogP contribution is 2.22. The van der Waals surface area contributed by atoms with E-state index < -0.39 is 11.6 Å². The van der Waals surface area contributed by atoms with Crippen LogP contribution in [0.5, 0.6) is 5.75 Å². The molecule has 0 aliphatic heterocycles. The number of hydrogen-bond donors (Lipinski definition) is 1. The third kappa shape index (κ3) is 2.54. The van der Waals surface area contributed by atoms with E-state index in [1.54, 1.807) is 0 Å². The summed E-state index contributed by atoms with van der Waals surface area (Å²) in [5.74, 6) is -1.82. The monoisotopic (exact) mass is 209 g/mol. The lowest BCUT2D eigenvalue weighted by Crippen LogP contribution is -2.00. The molecular formula is C8H10ClF2NO. The van der Waals surface area contributed by atoms with Crippen LogP contribution in [0.25, 0.3) is 0 Å². The topological polar surface area (TPSA) is 35.2 Å². The van der Waals surface area contributed by atoms with Gasteiger partial charge in [0.15, 0.2) is 17.4 Å². The van der Waals surface area contributed by atoms with Gasteiger partial charge in [0.2, 0.25) is 0 Å². The highest BCUT2D eigenvalue weighted by molar-refractivity contribution is 5.85. The first-order valence-electron chi connectivity index (χ1n) is 3.41. The minimum absolute atomic E-state index is 0. The zero-order chi connectivity index (χ0) is 9.14. The highest BCUT2D eigenvalue weighted by atomic mass is 35.5. The maximum atomic E-state index is 12.9. The molecule has 1 aromatic rings. The van der Waals surface area contributed by atoms with Crippen molar-refractivity contribution in [2.45, 2.75) is 6.54 Å². The summed E-state index contributed by atoms with van der Waals surface area (Å²) < 4.78 is 30.2. The molecule has 2 nitrogen and oxygen atoms in total. The molecule has 0 amide bonds. The van der Waals surface area contributed by atoms with Gasteiger partial charge in [0, 0.05) is 6.54 Å². The molecule has 1 rings (SSSR count). The normalized spacial score (nSPS) is 9.23. The molecule has 0 radical (unpaired) electrons. The summed E-state index contributed by atoms with van der Waals surface area (Å²) >= 11 is 0. The van der Waals surface area contributed by atoms with Crippen LogP contribution < -0.4 is 10.5 Å². The van der Waals surface area contributed by atoms with Gasteiger partial charge in [-0.15, -0.1) is 12.4 Å². The lowest BCUT2D eigenvalue weighted by molar-refractivity contribution is 0.359. The molecule has 74 valence electrons. The Morgan fingerprint density at radius 3 is 2.08 bits per heavy atom. The van der Waals surface area contributed by atoms with Crippen LogP contribution in [0.15, 0.2) is 12.1 Å². The molecule has 0 bridgehead atoms. The Bertz CT molecular complexity index is 270. The molecule has 2 N–H and O–H groups in total. The summed E-state index contributed by atoms with van der Waals surface area (Å²) in [7, 11) is 1.21. The van der Waals surface area contributed by atoms with E-state index in [1.165, 1.54) is 7.11 Å². The van der Waals surface area contributed by atoms with Crippen molar-refractivity contribution in [3.8, 4) is 5.75 Å². The smallest absolute Gasteiger partial charge is 0.190 e. The number of ether oxygens (including phenoxy) is 1. The maximum absolute atomic E-state index is 12.9. The minimum Gasteiger partial charge on any atom is -0.491 e. The fraction of sp³-hybridized carbons (Fsp3) is 0.250. The predicted octanol–water partition coefficient (Wildman–Crippen LogP) is 1.85. The van der Waals surface area contributed by atoms with Crippen LogP contribution in [0.1, 0.15) is 5.56 Å². The quantitative estimate of drug-likeness (QED) is 0.807. The highest BCUT2D eigenvalue weighted by Gasteiger charge is 2.10. The molecule has 0 saturated carbocycles. The average molecular weight is 210 g/mol. The Balaban J connectivity index is 0.00000144. The van der Waals surface area contributed by atoms with E-state index in [1.807, 2.05) is 0 Å². The Labute approximate surface area is 81.1 Å². The zero-order valence-electron chi connectivity index (χ0n) is 7.01. The van der Waals surface area contributed by atoms with Crippen molar-refractivity contribution in [3.05, 3.63) is 29.3 Å². The summed E-state index contributed by atoms with van der Waals surface area (Å²) in [6, 6.07) is 2.31. The van der Waals surface area contributed by atoms with E-state index in [0.717, 1.165) is 12.1 Å². The summed E-state index contributed by atoms with van der Waals surface area (Å²) in [4.78, 5) is 0. The standard InChI is InChI=1S/C8H9F2NO.ClH/c1-12-8-6(9)2-5(4-11)3-7(8)10;/h2-3H,4,11H2,1H3;1H. The van der Waals surface area contributed by atoms with E-state index in [9.17, 15) is 8.78 Å². The van der Waals surface area contributed by atoms with Crippen molar-refractivity contribution in [1.29, 1.82) is 0 Å². The first kappa shape index (κ1) is 12.1. The molecule has 13 heavy (non-hydrogen) atoms. The van der Waals surface area contributed by atoms with Gasteiger partial charge in [0.25, 0.3) is 0 Å². The molecular weight excluding hydrogens is 200 g/mol. The SMILES string of the molecule is COc1c(F)cc(CN)cc1F.Cl. The van der Waals surface area contributed by atoms with E-state index in [-0.39, 0.29) is 24.7 Å². The molecule has 0 saturated heterocycles. The minimum atomic E-state index is -0.724. The van der Waals surface area contributed by atoms with Gasteiger partial charge in [-0.3, -0.25) is 0 Å². The fourth-order valence-corrected chi connectivity index (χ4v) is 0.925. The fourth-order valence-electron chi connectivity index (χ4n) is 0.925. The largest absolute Gasteiger partial charge is 0.491 e. The van der Waals surface area contributed by atoms with Gasteiger partial charge in [-0.25, -0.2) is 8.78 Å². The Hall–Kier alpha value is -0.870. The predicted molar refractivity (Wildman–Crippen MR) is 48.0 cm³/mol. The van der Waals surface area contributed by atoms with Crippen molar-refractivity contribution < 1.29 is 13.5 Å². The van der Waals surface area contributed by atoms with Gasteiger partial charge in [-0.05, 0) is 17.7 Å². The molecule has 0 unspecified atom stereocenters. The number of benzene rings is 1. The van der Waals surface area contributed by atoms with Gasteiger partial charge in [-0.1, -0.05) is 0 Å². The number of hydrogen-bond acceptors (Lipinski definition) is 2. The Morgan fingerprint density at radius 2 is 1.77 bits per heavy atom. The summed E-state index contributed by atoms with van der Waals surface area (Å²) in [6.45, 7) is 0.109. The molecule has 5 heteroatoms. The van der Waals surface area contributed by atoms with Gasteiger partial charge in [-0.2, -0.15) is 0 Å². The van der Waals surface area contributed by atoms with Crippen LogP contribution in [0.3, 0.4) is 0 Å². The van der Waals surface area contributed by atoms with Crippen LogP contribution in [0.2, 0.25) is 0 Å². The van der Waals surface area contributed by atoms with Crippen molar-refractivity contribution >= 4 is 12.4 Å². The number of methoxy groups -OCH3 is 1. The van der Waals surface area contributed by atoms with E-state index in [2.05, 4.69) is 4.74 Å². The van der Waals surface area contributed by atoms with Crippen LogP contribution in [-0.4, -0.2) is 7.11 Å². The van der Waals surface area contributed by atoms with E-state index in [4.69, 9.17) is 5.73 Å². The second-order valence-electron chi connectivity index (χ2n) is 2.30.